The third-order valence-electron chi connectivity index (χ3n) is 3.84. The number of ether oxygens (including phenoxy) is 2. The minimum absolute atomic E-state index is 0.0369. The summed E-state index contributed by atoms with van der Waals surface area (Å²) in [6.45, 7) is 2.20. The lowest BCUT2D eigenvalue weighted by Crippen LogP contribution is -2.00. The van der Waals surface area contributed by atoms with Gasteiger partial charge in [-0.15, -0.1) is 5.10 Å². The Morgan fingerprint density at radius 2 is 2.24 bits per heavy atom. The monoisotopic (exact) mass is 287 g/mol. The zero-order valence-corrected chi connectivity index (χ0v) is 11.7. The van der Waals surface area contributed by atoms with Gasteiger partial charge in [0.05, 0.1) is 6.61 Å². The molecule has 1 aromatic carbocycles. The van der Waals surface area contributed by atoms with E-state index < -0.39 is 0 Å². The molecule has 0 spiro atoms. The van der Waals surface area contributed by atoms with E-state index in [1.54, 1.807) is 0 Å². The van der Waals surface area contributed by atoms with Crippen LogP contribution in [0.25, 0.3) is 0 Å². The highest BCUT2D eigenvalue weighted by atomic mass is 16.5. The smallest absolute Gasteiger partial charge is 0.315 e. The summed E-state index contributed by atoms with van der Waals surface area (Å²) in [6, 6.07) is 6.67. The predicted octanol–water partition coefficient (Wildman–Crippen LogP) is 2.47. The molecule has 1 aromatic heterocycles. The van der Waals surface area contributed by atoms with Crippen LogP contribution in [-0.2, 0) is 17.7 Å². The number of aromatic nitrogens is 2. The van der Waals surface area contributed by atoms with Crippen LogP contribution in [0.4, 0.5) is 6.01 Å². The molecule has 1 N–H and O–H groups in total. The van der Waals surface area contributed by atoms with E-state index in [9.17, 15) is 0 Å². The lowest BCUT2D eigenvalue weighted by Gasteiger charge is -2.05. The van der Waals surface area contributed by atoms with Crippen molar-refractivity contribution >= 4 is 6.01 Å². The molecule has 6 nitrogen and oxygen atoms in total. The molecule has 1 fully saturated rings. The summed E-state index contributed by atoms with van der Waals surface area (Å²) in [7, 11) is 0. The summed E-state index contributed by atoms with van der Waals surface area (Å²) in [5.74, 6) is 1.56. The van der Waals surface area contributed by atoms with E-state index in [2.05, 4.69) is 27.6 Å². The summed E-state index contributed by atoms with van der Waals surface area (Å²) in [5, 5.41) is 11.2. The zero-order chi connectivity index (χ0) is 14.1. The van der Waals surface area contributed by atoms with Crippen LogP contribution in [0.3, 0.4) is 0 Å². The first-order valence-corrected chi connectivity index (χ1v) is 7.32. The average molecular weight is 287 g/mol. The first-order chi connectivity index (χ1) is 10.4. The SMILES string of the molecule is c1cc2c(cc1CNc1nnc(C3CCCO3)o1)CCO2. The van der Waals surface area contributed by atoms with Crippen molar-refractivity contribution in [2.24, 2.45) is 0 Å². The second-order valence-corrected chi connectivity index (χ2v) is 5.34. The molecule has 1 unspecified atom stereocenters. The maximum absolute atomic E-state index is 5.60. The van der Waals surface area contributed by atoms with Crippen molar-refractivity contribution < 1.29 is 13.9 Å². The number of fused-ring (bicyclic) bond motifs is 1. The molecule has 0 amide bonds. The maximum atomic E-state index is 5.60. The third-order valence-corrected chi connectivity index (χ3v) is 3.84. The van der Waals surface area contributed by atoms with Crippen LogP contribution in [0.15, 0.2) is 22.6 Å². The Kier molecular flexibility index (Phi) is 3.23. The van der Waals surface area contributed by atoms with Crippen molar-refractivity contribution in [3.63, 3.8) is 0 Å². The molecule has 110 valence electrons. The molecule has 4 rings (SSSR count). The van der Waals surface area contributed by atoms with Gasteiger partial charge >= 0.3 is 6.01 Å². The molecule has 0 radical (unpaired) electrons. The highest BCUT2D eigenvalue weighted by molar-refractivity contribution is 5.40. The number of hydrogen-bond donors (Lipinski definition) is 1. The number of nitrogens with one attached hydrogen (secondary N) is 1. The Morgan fingerprint density at radius 1 is 1.24 bits per heavy atom. The van der Waals surface area contributed by atoms with Crippen molar-refractivity contribution in [1.82, 2.24) is 10.2 Å². The molecule has 2 aliphatic rings. The van der Waals surface area contributed by atoms with E-state index in [1.165, 1.54) is 11.1 Å². The Morgan fingerprint density at radius 3 is 3.14 bits per heavy atom. The lowest BCUT2D eigenvalue weighted by atomic mass is 10.1. The van der Waals surface area contributed by atoms with Crippen molar-refractivity contribution in [1.29, 1.82) is 0 Å². The third kappa shape index (κ3) is 2.58. The van der Waals surface area contributed by atoms with E-state index >= 15 is 0 Å². The van der Waals surface area contributed by atoms with Crippen LogP contribution >= 0.6 is 0 Å². The van der Waals surface area contributed by atoms with E-state index in [0.717, 1.165) is 38.2 Å². The van der Waals surface area contributed by atoms with Gasteiger partial charge in [0, 0.05) is 19.6 Å². The summed E-state index contributed by atoms with van der Waals surface area (Å²) >= 11 is 0. The number of hydrogen-bond acceptors (Lipinski definition) is 6. The number of rotatable bonds is 4. The van der Waals surface area contributed by atoms with E-state index in [-0.39, 0.29) is 6.10 Å². The van der Waals surface area contributed by atoms with E-state index in [1.807, 2.05) is 6.07 Å². The number of anilines is 1. The fourth-order valence-electron chi connectivity index (χ4n) is 2.74. The normalized spacial score (nSPS) is 20.3. The lowest BCUT2D eigenvalue weighted by molar-refractivity contribution is 0.0897. The van der Waals surface area contributed by atoms with Gasteiger partial charge in [-0.3, -0.25) is 0 Å². The van der Waals surface area contributed by atoms with Crippen LogP contribution < -0.4 is 10.1 Å². The highest BCUT2D eigenvalue weighted by Gasteiger charge is 2.23. The number of nitrogens with zero attached hydrogens (tertiary/aromatic N) is 2. The van der Waals surface area contributed by atoms with E-state index in [4.69, 9.17) is 13.9 Å². The number of benzene rings is 1. The van der Waals surface area contributed by atoms with Crippen molar-refractivity contribution in [2.45, 2.75) is 31.9 Å². The first-order valence-electron chi connectivity index (χ1n) is 7.32. The van der Waals surface area contributed by atoms with Crippen LogP contribution in [0.2, 0.25) is 0 Å². The molecule has 21 heavy (non-hydrogen) atoms. The fraction of sp³-hybridized carbons (Fsp3) is 0.467. The highest BCUT2D eigenvalue weighted by Crippen LogP contribution is 2.29. The minimum Gasteiger partial charge on any atom is -0.493 e. The van der Waals surface area contributed by atoms with Crippen LogP contribution in [0, 0.1) is 0 Å². The summed E-state index contributed by atoms with van der Waals surface area (Å²) in [6.07, 6.45) is 2.94. The molecule has 2 aromatic rings. The van der Waals surface area contributed by atoms with Crippen molar-refractivity contribution in [3.05, 3.63) is 35.2 Å². The van der Waals surface area contributed by atoms with Gasteiger partial charge in [-0.25, -0.2) is 0 Å². The summed E-state index contributed by atoms with van der Waals surface area (Å²) < 4.78 is 16.6. The Labute approximate surface area is 122 Å². The second kappa shape index (κ2) is 5.37. The van der Waals surface area contributed by atoms with Gasteiger partial charge in [-0.05, 0) is 30.0 Å². The molecule has 0 saturated carbocycles. The zero-order valence-electron chi connectivity index (χ0n) is 11.7. The predicted molar refractivity (Wildman–Crippen MR) is 75.2 cm³/mol. The van der Waals surface area contributed by atoms with Crippen LogP contribution in [0.1, 0.15) is 36.0 Å². The fourth-order valence-corrected chi connectivity index (χ4v) is 2.74. The van der Waals surface area contributed by atoms with Gasteiger partial charge in [0.15, 0.2) is 0 Å². The topological polar surface area (TPSA) is 69.4 Å². The molecule has 0 aliphatic carbocycles. The molecule has 0 bridgehead atoms. The largest absolute Gasteiger partial charge is 0.493 e. The van der Waals surface area contributed by atoms with Gasteiger partial charge in [-0.1, -0.05) is 17.2 Å². The molecule has 2 aliphatic heterocycles. The minimum atomic E-state index is -0.0369. The van der Waals surface area contributed by atoms with E-state index in [0.29, 0.717) is 18.5 Å². The summed E-state index contributed by atoms with van der Waals surface area (Å²) in [4.78, 5) is 0. The van der Waals surface area contributed by atoms with Gasteiger partial charge in [-0.2, -0.15) is 0 Å². The molecular weight excluding hydrogens is 270 g/mol. The Balaban J connectivity index is 1.40. The quantitative estimate of drug-likeness (QED) is 0.931. The molecule has 3 heterocycles. The molecule has 1 saturated heterocycles. The average Bonchev–Trinajstić information content (AvgIpc) is 3.24. The molecule has 6 heteroatoms. The van der Waals surface area contributed by atoms with Gasteiger partial charge < -0.3 is 19.2 Å². The second-order valence-electron chi connectivity index (χ2n) is 5.34. The summed E-state index contributed by atoms with van der Waals surface area (Å²) in [5.41, 5.74) is 2.44. The Bertz CT molecular complexity index is 635. The van der Waals surface area contributed by atoms with Gasteiger partial charge in [0.25, 0.3) is 0 Å². The van der Waals surface area contributed by atoms with Crippen LogP contribution in [0.5, 0.6) is 5.75 Å². The Hall–Kier alpha value is -2.08. The maximum Gasteiger partial charge on any atom is 0.315 e. The molecule has 1 atom stereocenters. The first kappa shape index (κ1) is 12.6. The van der Waals surface area contributed by atoms with Crippen molar-refractivity contribution in [2.75, 3.05) is 18.5 Å². The van der Waals surface area contributed by atoms with Crippen LogP contribution in [-0.4, -0.2) is 23.4 Å². The standard InChI is InChI=1S/C15H17N3O3/c1-2-13(19-6-1)14-17-18-15(21-14)16-9-10-3-4-12-11(8-10)5-7-20-12/h3-4,8,13H,1-2,5-7,9H2,(H,16,18). The van der Waals surface area contributed by atoms with Gasteiger partial charge in [0.2, 0.25) is 5.89 Å². The molecular formula is C15H17N3O3. The van der Waals surface area contributed by atoms with Gasteiger partial charge in [0.1, 0.15) is 11.9 Å². The van der Waals surface area contributed by atoms with Crippen molar-refractivity contribution in [3.8, 4) is 5.75 Å².